The van der Waals surface area contributed by atoms with Crippen LogP contribution in [-0.4, -0.2) is 27.2 Å². The van der Waals surface area contributed by atoms with Gasteiger partial charge in [-0.25, -0.2) is 21.6 Å². The molecule has 0 bridgehead atoms. The van der Waals surface area contributed by atoms with E-state index in [-0.39, 0.29) is 12.2 Å². The molecule has 30 heavy (non-hydrogen) atoms. The number of anilines is 1. The van der Waals surface area contributed by atoms with E-state index in [0.29, 0.717) is 11.1 Å². The van der Waals surface area contributed by atoms with Gasteiger partial charge in [0.25, 0.3) is 5.91 Å². The van der Waals surface area contributed by atoms with Crippen molar-refractivity contribution in [3.63, 3.8) is 0 Å². The van der Waals surface area contributed by atoms with Gasteiger partial charge in [0.05, 0.1) is 11.9 Å². The number of sulfonamides is 1. The fraction of sp³-hybridized carbons (Fsp3) is 0.350. The lowest BCUT2D eigenvalue weighted by molar-refractivity contribution is -0.123. The van der Waals surface area contributed by atoms with E-state index in [2.05, 4.69) is 5.32 Å². The maximum atomic E-state index is 14.2. The number of halogens is 3. The lowest BCUT2D eigenvalue weighted by Gasteiger charge is -2.20. The molecule has 0 aromatic heterocycles. The van der Waals surface area contributed by atoms with Crippen LogP contribution in [0.5, 0.6) is 5.75 Å². The van der Waals surface area contributed by atoms with Gasteiger partial charge in [-0.2, -0.15) is 0 Å². The zero-order valence-corrected chi connectivity index (χ0v) is 17.8. The van der Waals surface area contributed by atoms with Crippen LogP contribution < -0.4 is 14.8 Å². The summed E-state index contributed by atoms with van der Waals surface area (Å²) in [5, 5.41) is 2.42. The van der Waals surface area contributed by atoms with E-state index in [9.17, 15) is 26.4 Å². The largest absolute Gasteiger partial charge is 0.478 e. The number of ether oxygens (including phenoxy) is 1. The van der Waals surface area contributed by atoms with Crippen LogP contribution in [0.15, 0.2) is 30.3 Å². The summed E-state index contributed by atoms with van der Waals surface area (Å²) in [6.07, 6.45) is 0.892. The minimum atomic E-state index is -3.63. The third-order valence-corrected chi connectivity index (χ3v) is 4.62. The van der Waals surface area contributed by atoms with E-state index >= 15 is 0 Å². The Labute approximate surface area is 173 Å². The maximum Gasteiger partial charge on any atom is 0.258 e. The second kappa shape index (κ2) is 8.95. The van der Waals surface area contributed by atoms with Crippen LogP contribution in [0.1, 0.15) is 31.9 Å². The Morgan fingerprint density at radius 1 is 1.03 bits per heavy atom. The molecular formula is C20H23F3N2O4S. The van der Waals surface area contributed by atoms with E-state index < -0.39 is 51.2 Å². The molecule has 2 aromatic rings. The number of rotatable bonds is 7. The molecule has 2 aromatic carbocycles. The SMILES string of the molecule is CC(C)(C)c1cc(F)c(OCC(=O)NCc2ccc(NS(C)(=O)=O)c(F)c2)c(F)c1. The molecule has 0 radical (unpaired) electrons. The zero-order valence-electron chi connectivity index (χ0n) is 17.0. The molecule has 10 heteroatoms. The molecule has 0 fully saturated rings. The highest BCUT2D eigenvalue weighted by atomic mass is 32.2. The fourth-order valence-electron chi connectivity index (χ4n) is 2.47. The van der Waals surface area contributed by atoms with Crippen LogP contribution >= 0.6 is 0 Å². The lowest BCUT2D eigenvalue weighted by Crippen LogP contribution is -2.28. The van der Waals surface area contributed by atoms with Crippen molar-refractivity contribution in [2.45, 2.75) is 32.7 Å². The first kappa shape index (κ1) is 23.5. The molecule has 6 nitrogen and oxygen atoms in total. The number of amides is 1. The van der Waals surface area contributed by atoms with Crippen LogP contribution in [0.2, 0.25) is 0 Å². The smallest absolute Gasteiger partial charge is 0.258 e. The third kappa shape index (κ3) is 6.65. The summed E-state index contributed by atoms with van der Waals surface area (Å²) in [6, 6.07) is 6.01. The van der Waals surface area contributed by atoms with E-state index in [1.54, 1.807) is 0 Å². The van der Waals surface area contributed by atoms with Gasteiger partial charge in [0.1, 0.15) is 5.82 Å². The van der Waals surface area contributed by atoms with E-state index in [4.69, 9.17) is 4.74 Å². The van der Waals surface area contributed by atoms with Gasteiger partial charge in [0.2, 0.25) is 10.0 Å². The fourth-order valence-corrected chi connectivity index (χ4v) is 3.04. The van der Waals surface area contributed by atoms with Gasteiger partial charge in [-0.1, -0.05) is 26.8 Å². The Morgan fingerprint density at radius 2 is 1.63 bits per heavy atom. The molecule has 1 amide bonds. The number of hydrogen-bond acceptors (Lipinski definition) is 4. The Kier molecular flexibility index (Phi) is 7.02. The van der Waals surface area contributed by atoms with Crippen molar-refractivity contribution in [1.29, 1.82) is 0 Å². The quantitative estimate of drug-likeness (QED) is 0.685. The van der Waals surface area contributed by atoms with Crippen LogP contribution in [0, 0.1) is 17.5 Å². The number of carbonyl (C=O) groups excluding carboxylic acids is 1. The molecule has 0 spiro atoms. The van der Waals surface area contributed by atoms with Crippen LogP contribution in [0.4, 0.5) is 18.9 Å². The Morgan fingerprint density at radius 3 is 2.13 bits per heavy atom. The Hall–Kier alpha value is -2.75. The summed E-state index contributed by atoms with van der Waals surface area (Å²) in [4.78, 5) is 11.9. The van der Waals surface area contributed by atoms with Crippen LogP contribution in [0.3, 0.4) is 0 Å². The normalized spacial score (nSPS) is 11.8. The maximum absolute atomic E-state index is 14.2. The number of hydrogen-bond donors (Lipinski definition) is 2. The number of benzene rings is 2. The first-order chi connectivity index (χ1) is 13.8. The van der Waals surface area contributed by atoms with E-state index in [0.717, 1.165) is 24.5 Å². The summed E-state index contributed by atoms with van der Waals surface area (Å²) >= 11 is 0. The van der Waals surface area contributed by atoms with Crippen LogP contribution in [0.25, 0.3) is 0 Å². The van der Waals surface area contributed by atoms with Crippen molar-refractivity contribution in [3.05, 3.63) is 58.9 Å². The Bertz CT molecular complexity index is 1030. The number of nitrogens with one attached hydrogen (secondary N) is 2. The highest BCUT2D eigenvalue weighted by Crippen LogP contribution is 2.29. The van der Waals surface area contributed by atoms with Gasteiger partial charge in [0, 0.05) is 6.54 Å². The average molecular weight is 444 g/mol. The second-order valence-electron chi connectivity index (χ2n) is 7.77. The van der Waals surface area contributed by atoms with Gasteiger partial charge in [-0.15, -0.1) is 0 Å². The molecule has 0 saturated carbocycles. The van der Waals surface area contributed by atoms with Gasteiger partial charge in [-0.05, 0) is 40.8 Å². The van der Waals surface area contributed by atoms with Crippen molar-refractivity contribution in [2.24, 2.45) is 0 Å². The molecule has 164 valence electrons. The van der Waals surface area contributed by atoms with Crippen molar-refractivity contribution < 1.29 is 31.1 Å². The molecule has 2 rings (SSSR count). The van der Waals surface area contributed by atoms with Crippen molar-refractivity contribution in [1.82, 2.24) is 5.32 Å². The highest BCUT2D eigenvalue weighted by molar-refractivity contribution is 7.92. The summed E-state index contributed by atoms with van der Waals surface area (Å²) in [6.45, 7) is 4.69. The van der Waals surface area contributed by atoms with E-state index in [1.165, 1.54) is 12.1 Å². The van der Waals surface area contributed by atoms with Crippen molar-refractivity contribution in [3.8, 4) is 5.75 Å². The molecule has 0 unspecified atom stereocenters. The van der Waals surface area contributed by atoms with Gasteiger partial charge < -0.3 is 10.1 Å². The standard InChI is InChI=1S/C20H23F3N2O4S/c1-20(2,3)13-8-15(22)19(16(23)9-13)29-11-18(26)24-10-12-5-6-17(14(21)7-12)25-30(4,27)28/h5-9,25H,10-11H2,1-4H3,(H,24,26). The predicted octanol–water partition coefficient (Wildman–Crippen LogP) is 3.47. The van der Waals surface area contributed by atoms with E-state index in [1.807, 2.05) is 25.5 Å². The van der Waals surface area contributed by atoms with Crippen molar-refractivity contribution in [2.75, 3.05) is 17.6 Å². The highest BCUT2D eigenvalue weighted by Gasteiger charge is 2.20. The molecule has 0 heterocycles. The molecule has 2 N–H and O–H groups in total. The monoisotopic (exact) mass is 444 g/mol. The predicted molar refractivity (Wildman–Crippen MR) is 107 cm³/mol. The third-order valence-electron chi connectivity index (χ3n) is 4.03. The molecule has 0 aliphatic heterocycles. The van der Waals surface area contributed by atoms with Gasteiger partial charge in [0.15, 0.2) is 24.0 Å². The van der Waals surface area contributed by atoms with Crippen molar-refractivity contribution >= 4 is 21.6 Å². The molecule has 0 aliphatic rings. The second-order valence-corrected chi connectivity index (χ2v) is 9.52. The summed E-state index contributed by atoms with van der Waals surface area (Å²) < 4.78 is 71.5. The molecule has 0 saturated heterocycles. The van der Waals surface area contributed by atoms with Gasteiger partial charge >= 0.3 is 0 Å². The molecular weight excluding hydrogens is 421 g/mol. The summed E-state index contributed by atoms with van der Waals surface area (Å²) in [5.41, 5.74) is 0.122. The average Bonchev–Trinajstić information content (AvgIpc) is 2.59. The molecule has 0 aliphatic carbocycles. The summed E-state index contributed by atoms with van der Waals surface area (Å²) in [7, 11) is -3.63. The summed E-state index contributed by atoms with van der Waals surface area (Å²) in [5.74, 6) is -3.97. The Balaban J connectivity index is 1.95. The minimum absolute atomic E-state index is 0.0911. The van der Waals surface area contributed by atoms with Crippen LogP contribution in [-0.2, 0) is 26.8 Å². The topological polar surface area (TPSA) is 84.5 Å². The lowest BCUT2D eigenvalue weighted by atomic mass is 9.87. The zero-order chi connectivity index (χ0) is 22.7. The first-order valence-corrected chi connectivity index (χ1v) is 10.8. The minimum Gasteiger partial charge on any atom is -0.478 e. The first-order valence-electron chi connectivity index (χ1n) is 8.91. The molecule has 0 atom stereocenters. The number of carbonyl (C=O) groups is 1. The van der Waals surface area contributed by atoms with Gasteiger partial charge in [-0.3, -0.25) is 9.52 Å².